The average molecular weight is 329 g/mol. The third-order valence-electron chi connectivity index (χ3n) is 3.06. The number of ketones is 1. The number of carboxylic acid groups (broad SMARTS) is 1. The number of halogens is 1. The third kappa shape index (κ3) is 3.80. The molecule has 0 aromatic heterocycles. The Kier molecular flexibility index (Phi) is 5.54. The van der Waals surface area contributed by atoms with Crippen molar-refractivity contribution in [2.24, 2.45) is 11.8 Å². The van der Waals surface area contributed by atoms with Gasteiger partial charge in [-0.3, -0.25) is 9.59 Å². The Bertz CT molecular complexity index is 484. The van der Waals surface area contributed by atoms with Gasteiger partial charge >= 0.3 is 5.97 Å². The maximum absolute atomic E-state index is 12.4. The van der Waals surface area contributed by atoms with Gasteiger partial charge in [-0.05, 0) is 25.1 Å². The summed E-state index contributed by atoms with van der Waals surface area (Å²) >= 11 is 3.31. The Balaban J connectivity index is 3.10. The summed E-state index contributed by atoms with van der Waals surface area (Å²) in [7, 11) is 0. The molecule has 0 aliphatic carbocycles. The first kappa shape index (κ1) is 15.7. The minimum Gasteiger partial charge on any atom is -0.493 e. The second-order valence-corrected chi connectivity index (χ2v) is 5.27. The Morgan fingerprint density at radius 3 is 2.47 bits per heavy atom. The predicted octanol–water partition coefficient (Wildman–Crippen LogP) is 3.39. The number of carbonyl (C=O) groups excluding carboxylic acids is 1. The molecule has 104 valence electrons. The zero-order valence-corrected chi connectivity index (χ0v) is 12.7. The highest BCUT2D eigenvalue weighted by Crippen LogP contribution is 2.28. The van der Waals surface area contributed by atoms with Gasteiger partial charge in [-0.1, -0.05) is 29.8 Å². The Hall–Kier alpha value is -1.36. The minimum absolute atomic E-state index is 0.223. The van der Waals surface area contributed by atoms with Crippen molar-refractivity contribution >= 4 is 27.7 Å². The summed E-state index contributed by atoms with van der Waals surface area (Å²) in [5.74, 6) is -2.06. The first-order valence-electron chi connectivity index (χ1n) is 6.07. The van der Waals surface area contributed by atoms with E-state index >= 15 is 0 Å². The van der Waals surface area contributed by atoms with E-state index in [-0.39, 0.29) is 5.78 Å². The average Bonchev–Trinajstić information content (AvgIpc) is 2.38. The van der Waals surface area contributed by atoms with Gasteiger partial charge in [0.05, 0.1) is 18.1 Å². The fourth-order valence-corrected chi connectivity index (χ4v) is 2.02. The molecule has 0 heterocycles. The summed E-state index contributed by atoms with van der Waals surface area (Å²) in [4.78, 5) is 23.3. The van der Waals surface area contributed by atoms with Crippen LogP contribution in [0.5, 0.6) is 5.75 Å². The number of aliphatic carboxylic acids is 1. The quantitative estimate of drug-likeness (QED) is 0.813. The van der Waals surface area contributed by atoms with Crippen LogP contribution in [0.2, 0.25) is 0 Å². The zero-order valence-electron chi connectivity index (χ0n) is 11.1. The number of carbonyl (C=O) groups is 2. The van der Waals surface area contributed by atoms with Gasteiger partial charge in [-0.15, -0.1) is 0 Å². The maximum atomic E-state index is 12.4. The van der Waals surface area contributed by atoms with E-state index in [1.807, 2.05) is 6.92 Å². The topological polar surface area (TPSA) is 63.6 Å². The second-order valence-electron chi connectivity index (χ2n) is 4.35. The summed E-state index contributed by atoms with van der Waals surface area (Å²) in [5, 5.41) is 8.98. The van der Waals surface area contributed by atoms with Crippen LogP contribution in [-0.4, -0.2) is 23.5 Å². The lowest BCUT2D eigenvalue weighted by Gasteiger charge is -2.17. The van der Waals surface area contributed by atoms with Crippen molar-refractivity contribution in [3.05, 3.63) is 28.2 Å². The molecule has 1 rings (SSSR count). The first-order valence-corrected chi connectivity index (χ1v) is 6.87. The van der Waals surface area contributed by atoms with Crippen LogP contribution in [-0.2, 0) is 4.79 Å². The number of carboxylic acids is 1. The van der Waals surface area contributed by atoms with Crippen molar-refractivity contribution < 1.29 is 19.4 Å². The molecule has 0 bridgehead atoms. The fraction of sp³-hybridized carbons (Fsp3) is 0.429. The molecular formula is C14H17BrO4. The third-order valence-corrected chi connectivity index (χ3v) is 3.55. The van der Waals surface area contributed by atoms with E-state index in [1.54, 1.807) is 25.1 Å². The molecule has 1 aromatic carbocycles. The largest absolute Gasteiger partial charge is 0.493 e. The molecule has 5 heteroatoms. The zero-order chi connectivity index (χ0) is 14.6. The molecule has 0 amide bonds. The van der Waals surface area contributed by atoms with Gasteiger partial charge in [0.25, 0.3) is 0 Å². The highest BCUT2D eigenvalue weighted by atomic mass is 79.9. The van der Waals surface area contributed by atoms with Crippen molar-refractivity contribution in [3.8, 4) is 5.75 Å². The standard InChI is InChI=1S/C14H17BrO4/c1-4-19-12-6-5-10(15)7-11(12)13(16)8(2)9(3)14(17)18/h5-9H,4H2,1-3H3,(H,17,18). The molecule has 0 aliphatic heterocycles. The molecule has 0 spiro atoms. The molecular weight excluding hydrogens is 312 g/mol. The summed E-state index contributed by atoms with van der Waals surface area (Å²) in [6, 6.07) is 5.16. The summed E-state index contributed by atoms with van der Waals surface area (Å²) in [6.45, 7) is 5.44. The predicted molar refractivity (Wildman–Crippen MR) is 75.6 cm³/mol. The Morgan fingerprint density at radius 2 is 1.95 bits per heavy atom. The molecule has 1 aromatic rings. The van der Waals surface area contributed by atoms with Gasteiger partial charge in [0.2, 0.25) is 0 Å². The second kappa shape index (κ2) is 6.70. The SMILES string of the molecule is CCOc1ccc(Br)cc1C(=O)C(C)C(C)C(=O)O. The van der Waals surface area contributed by atoms with E-state index in [9.17, 15) is 9.59 Å². The molecule has 0 radical (unpaired) electrons. The number of hydrogen-bond acceptors (Lipinski definition) is 3. The summed E-state index contributed by atoms with van der Waals surface area (Å²) in [5.41, 5.74) is 0.414. The molecule has 0 saturated carbocycles. The van der Waals surface area contributed by atoms with Crippen LogP contribution in [0, 0.1) is 11.8 Å². The van der Waals surface area contributed by atoms with Crippen LogP contribution >= 0.6 is 15.9 Å². The van der Waals surface area contributed by atoms with Gasteiger partial charge < -0.3 is 9.84 Å². The highest BCUT2D eigenvalue weighted by Gasteiger charge is 2.28. The van der Waals surface area contributed by atoms with Crippen LogP contribution in [0.1, 0.15) is 31.1 Å². The van der Waals surface area contributed by atoms with Crippen LogP contribution in [0.15, 0.2) is 22.7 Å². The van der Waals surface area contributed by atoms with Crippen molar-refractivity contribution in [1.82, 2.24) is 0 Å². The van der Waals surface area contributed by atoms with E-state index in [0.717, 1.165) is 4.47 Å². The van der Waals surface area contributed by atoms with Crippen LogP contribution < -0.4 is 4.74 Å². The lowest BCUT2D eigenvalue weighted by Crippen LogP contribution is -2.25. The van der Waals surface area contributed by atoms with E-state index in [0.29, 0.717) is 17.9 Å². The van der Waals surface area contributed by atoms with Gasteiger partial charge in [-0.2, -0.15) is 0 Å². The lowest BCUT2D eigenvalue weighted by atomic mass is 9.88. The maximum Gasteiger partial charge on any atom is 0.306 e. The highest BCUT2D eigenvalue weighted by molar-refractivity contribution is 9.10. The molecule has 19 heavy (non-hydrogen) atoms. The lowest BCUT2D eigenvalue weighted by molar-refractivity contribution is -0.142. The monoisotopic (exact) mass is 328 g/mol. The van der Waals surface area contributed by atoms with Crippen LogP contribution in [0.25, 0.3) is 0 Å². The van der Waals surface area contributed by atoms with Crippen molar-refractivity contribution in [2.45, 2.75) is 20.8 Å². The van der Waals surface area contributed by atoms with Crippen LogP contribution in [0.4, 0.5) is 0 Å². The number of benzene rings is 1. The molecule has 0 aliphatic rings. The number of rotatable bonds is 6. The smallest absolute Gasteiger partial charge is 0.306 e. The minimum atomic E-state index is -0.978. The summed E-state index contributed by atoms with van der Waals surface area (Å²) in [6.07, 6.45) is 0. The first-order chi connectivity index (χ1) is 8.88. The van der Waals surface area contributed by atoms with E-state index in [2.05, 4.69) is 15.9 Å². The molecule has 2 unspecified atom stereocenters. The van der Waals surface area contributed by atoms with Crippen molar-refractivity contribution in [2.75, 3.05) is 6.61 Å². The van der Waals surface area contributed by atoms with E-state index in [1.165, 1.54) is 6.92 Å². The van der Waals surface area contributed by atoms with Crippen molar-refractivity contribution in [3.63, 3.8) is 0 Å². The number of Topliss-reactive ketones (excluding diaryl/α,β-unsaturated/α-hetero) is 1. The fourth-order valence-electron chi connectivity index (χ4n) is 1.66. The van der Waals surface area contributed by atoms with Gasteiger partial charge in [0.15, 0.2) is 5.78 Å². The Morgan fingerprint density at radius 1 is 1.32 bits per heavy atom. The Labute approximate surface area is 120 Å². The molecule has 0 saturated heterocycles. The van der Waals surface area contributed by atoms with Crippen molar-refractivity contribution in [1.29, 1.82) is 0 Å². The normalized spacial score (nSPS) is 13.7. The molecule has 0 fully saturated rings. The molecule has 1 N–H and O–H groups in total. The van der Waals surface area contributed by atoms with Gasteiger partial charge in [0.1, 0.15) is 5.75 Å². The molecule has 2 atom stereocenters. The number of ether oxygens (including phenoxy) is 1. The van der Waals surface area contributed by atoms with Crippen LogP contribution in [0.3, 0.4) is 0 Å². The summed E-state index contributed by atoms with van der Waals surface area (Å²) < 4.78 is 6.17. The van der Waals surface area contributed by atoms with E-state index < -0.39 is 17.8 Å². The van der Waals surface area contributed by atoms with E-state index in [4.69, 9.17) is 9.84 Å². The van der Waals surface area contributed by atoms with Gasteiger partial charge in [0, 0.05) is 10.4 Å². The van der Waals surface area contributed by atoms with Gasteiger partial charge in [-0.25, -0.2) is 0 Å². The number of hydrogen-bond donors (Lipinski definition) is 1. The molecule has 4 nitrogen and oxygen atoms in total.